The van der Waals surface area contributed by atoms with E-state index in [2.05, 4.69) is 29.8 Å². The molecule has 0 aliphatic carbocycles. The number of aromatic nitrogens is 3. The highest BCUT2D eigenvalue weighted by molar-refractivity contribution is 9.10. The Kier molecular flexibility index (Phi) is 6.85. The second kappa shape index (κ2) is 9.92. The fourth-order valence-electron chi connectivity index (χ4n) is 4.31. The predicted octanol–water partition coefficient (Wildman–Crippen LogP) is 6.07. The van der Waals surface area contributed by atoms with Crippen LogP contribution in [0.25, 0.3) is 16.7 Å². The molecule has 1 atom stereocenters. The molecule has 1 aliphatic heterocycles. The molecule has 1 aliphatic rings. The summed E-state index contributed by atoms with van der Waals surface area (Å²) < 4.78 is 8.60. The normalized spacial score (nSPS) is 17.2. The molecule has 4 aromatic rings. The minimum atomic E-state index is -0.279. The van der Waals surface area contributed by atoms with Crippen molar-refractivity contribution in [2.75, 3.05) is 5.75 Å². The molecule has 3 heterocycles. The first-order valence-electron chi connectivity index (χ1n) is 11.8. The van der Waals surface area contributed by atoms with E-state index in [1.54, 1.807) is 16.7 Å². The topological polar surface area (TPSA) is 74.1 Å². The fraction of sp³-hybridized carbons (Fsp3) is 0.286. The number of benzene rings is 2. The summed E-state index contributed by atoms with van der Waals surface area (Å²) in [5.41, 5.74) is 4.06. The van der Waals surface area contributed by atoms with Crippen molar-refractivity contribution in [2.24, 2.45) is 0 Å². The quantitative estimate of drug-likeness (QED) is 0.161. The molecule has 0 saturated heterocycles. The number of hydrogen-bond acceptors (Lipinski definition) is 6. The average Bonchev–Trinajstić information content (AvgIpc) is 2.87. The lowest BCUT2D eigenvalue weighted by molar-refractivity contribution is -0.0573. The molecule has 2 aromatic carbocycles. The number of halogens is 1. The molecule has 0 spiro atoms. The Bertz CT molecular complexity index is 1530. The molecule has 0 amide bonds. The summed E-state index contributed by atoms with van der Waals surface area (Å²) in [6.45, 7) is 6.56. The van der Waals surface area contributed by atoms with Gasteiger partial charge >= 0.3 is 0 Å². The van der Waals surface area contributed by atoms with Gasteiger partial charge in [-0.3, -0.25) is 14.2 Å². The van der Waals surface area contributed by atoms with Crippen LogP contribution in [0, 0.1) is 6.92 Å². The van der Waals surface area contributed by atoms with Crippen LogP contribution >= 0.6 is 27.7 Å². The number of pyridine rings is 1. The van der Waals surface area contributed by atoms with E-state index in [0.29, 0.717) is 34.8 Å². The van der Waals surface area contributed by atoms with Crippen molar-refractivity contribution < 1.29 is 9.53 Å². The highest BCUT2D eigenvalue weighted by Gasteiger charge is 2.31. The molecule has 0 radical (unpaired) electrons. The zero-order valence-electron chi connectivity index (χ0n) is 20.4. The molecular formula is C28H26BrN3O3S. The molecule has 0 unspecified atom stereocenters. The van der Waals surface area contributed by atoms with Crippen molar-refractivity contribution in [1.29, 1.82) is 0 Å². The van der Waals surface area contributed by atoms with Gasteiger partial charge in [-0.25, -0.2) is 9.97 Å². The molecule has 2 aromatic heterocycles. The summed E-state index contributed by atoms with van der Waals surface area (Å²) in [5.74, 6) is 0.116. The minimum Gasteiger partial charge on any atom is -0.370 e. The first kappa shape index (κ1) is 24.9. The second-order valence-electron chi connectivity index (χ2n) is 9.27. The fourth-order valence-corrected chi connectivity index (χ4v) is 5.46. The maximum absolute atomic E-state index is 13.9. The lowest BCUT2D eigenvalue weighted by Crippen LogP contribution is -2.35. The number of carbonyl (C=O) groups excluding carboxylic acids is 1. The van der Waals surface area contributed by atoms with E-state index in [4.69, 9.17) is 14.7 Å². The SMILES string of the molecule is CC[C@]1(C)Cc2nc3nc(SCC(=O)c4ccc(Br)cc4)n(-c4ccccc4C)c(=O)c3cc2CO1. The van der Waals surface area contributed by atoms with Gasteiger partial charge in [-0.15, -0.1) is 0 Å². The van der Waals surface area contributed by atoms with Crippen molar-refractivity contribution in [3.05, 3.63) is 91.8 Å². The number of ether oxygens (including phenoxy) is 1. The molecule has 0 fully saturated rings. The van der Waals surface area contributed by atoms with E-state index in [1.165, 1.54) is 11.8 Å². The van der Waals surface area contributed by atoms with Gasteiger partial charge in [0.15, 0.2) is 16.6 Å². The Morgan fingerprint density at radius 2 is 1.92 bits per heavy atom. The summed E-state index contributed by atoms with van der Waals surface area (Å²) >= 11 is 4.66. The number of fused-ring (bicyclic) bond motifs is 2. The van der Waals surface area contributed by atoms with Gasteiger partial charge in [0, 0.05) is 22.0 Å². The monoisotopic (exact) mass is 563 g/mol. The van der Waals surface area contributed by atoms with Crippen LogP contribution in [-0.2, 0) is 17.8 Å². The van der Waals surface area contributed by atoms with Crippen LogP contribution in [0.1, 0.15) is 47.4 Å². The first-order valence-corrected chi connectivity index (χ1v) is 13.6. The molecular weight excluding hydrogens is 538 g/mol. The van der Waals surface area contributed by atoms with Crippen LogP contribution in [-0.4, -0.2) is 31.7 Å². The molecule has 0 N–H and O–H groups in total. The Morgan fingerprint density at radius 3 is 2.64 bits per heavy atom. The average molecular weight is 565 g/mol. The third kappa shape index (κ3) is 4.77. The van der Waals surface area contributed by atoms with E-state index >= 15 is 0 Å². The van der Waals surface area contributed by atoms with Crippen molar-refractivity contribution >= 4 is 44.5 Å². The van der Waals surface area contributed by atoms with Gasteiger partial charge in [0.2, 0.25) is 0 Å². The third-order valence-electron chi connectivity index (χ3n) is 6.72. The Hall–Kier alpha value is -2.81. The van der Waals surface area contributed by atoms with Crippen molar-refractivity contribution in [2.45, 2.75) is 51.0 Å². The number of carbonyl (C=O) groups is 1. The van der Waals surface area contributed by atoms with E-state index in [1.807, 2.05) is 49.4 Å². The summed E-state index contributed by atoms with van der Waals surface area (Å²) in [6, 6.07) is 16.8. The summed E-state index contributed by atoms with van der Waals surface area (Å²) in [6.07, 6.45) is 1.54. The Morgan fingerprint density at radius 1 is 1.17 bits per heavy atom. The lowest BCUT2D eigenvalue weighted by atomic mass is 9.91. The highest BCUT2D eigenvalue weighted by Crippen LogP contribution is 2.31. The number of Topliss-reactive ketones (excluding diaryl/α,β-unsaturated/α-hetero) is 1. The van der Waals surface area contributed by atoms with Gasteiger partial charge < -0.3 is 4.74 Å². The van der Waals surface area contributed by atoms with Crippen molar-refractivity contribution in [3.8, 4) is 5.69 Å². The van der Waals surface area contributed by atoms with Crippen LogP contribution < -0.4 is 5.56 Å². The van der Waals surface area contributed by atoms with E-state index < -0.39 is 0 Å². The maximum atomic E-state index is 13.9. The van der Waals surface area contributed by atoms with Crippen molar-refractivity contribution in [1.82, 2.24) is 14.5 Å². The van der Waals surface area contributed by atoms with Crippen LogP contribution in [0.3, 0.4) is 0 Å². The number of nitrogens with zero attached hydrogens (tertiary/aromatic N) is 3. The van der Waals surface area contributed by atoms with Gasteiger partial charge in [0.1, 0.15) is 0 Å². The standard InChI is InChI=1S/C28H26BrN3O3S/c1-4-28(3)14-22-19(15-35-28)13-21-25(30-22)31-27(32(26(21)34)23-8-6-5-7-17(23)2)36-16-24(33)18-9-11-20(29)12-10-18/h5-13H,4,14-16H2,1-3H3/t28-/m1/s1. The molecule has 184 valence electrons. The molecule has 0 saturated carbocycles. The third-order valence-corrected chi connectivity index (χ3v) is 8.18. The zero-order valence-corrected chi connectivity index (χ0v) is 22.8. The van der Waals surface area contributed by atoms with Crippen LogP contribution in [0.2, 0.25) is 0 Å². The van der Waals surface area contributed by atoms with E-state index in [-0.39, 0.29) is 22.7 Å². The molecule has 6 nitrogen and oxygen atoms in total. The van der Waals surface area contributed by atoms with Crippen LogP contribution in [0.5, 0.6) is 0 Å². The zero-order chi connectivity index (χ0) is 25.4. The number of thioether (sulfide) groups is 1. The van der Waals surface area contributed by atoms with Gasteiger partial charge in [0.25, 0.3) is 5.56 Å². The van der Waals surface area contributed by atoms with Gasteiger partial charge in [-0.05, 0) is 50.1 Å². The smallest absolute Gasteiger partial charge is 0.268 e. The predicted molar refractivity (Wildman–Crippen MR) is 146 cm³/mol. The van der Waals surface area contributed by atoms with E-state index in [9.17, 15) is 9.59 Å². The largest absolute Gasteiger partial charge is 0.370 e. The second-order valence-corrected chi connectivity index (χ2v) is 11.1. The van der Waals surface area contributed by atoms with Crippen LogP contribution in [0.15, 0.2) is 69.0 Å². The molecule has 0 bridgehead atoms. The molecule has 36 heavy (non-hydrogen) atoms. The first-order chi connectivity index (χ1) is 17.3. The summed E-state index contributed by atoms with van der Waals surface area (Å²) in [4.78, 5) is 36.4. The van der Waals surface area contributed by atoms with Gasteiger partial charge in [-0.2, -0.15) is 0 Å². The number of aryl methyl sites for hydroxylation is 1. The van der Waals surface area contributed by atoms with E-state index in [0.717, 1.165) is 33.4 Å². The van der Waals surface area contributed by atoms with Crippen molar-refractivity contribution in [3.63, 3.8) is 0 Å². The maximum Gasteiger partial charge on any atom is 0.268 e. The Labute approximate surface area is 222 Å². The number of para-hydroxylation sites is 1. The summed E-state index contributed by atoms with van der Waals surface area (Å²) in [7, 11) is 0. The molecule has 8 heteroatoms. The number of ketones is 1. The van der Waals surface area contributed by atoms with Crippen LogP contribution in [0.4, 0.5) is 0 Å². The Balaban J connectivity index is 1.61. The molecule has 5 rings (SSSR count). The van der Waals surface area contributed by atoms with Gasteiger partial charge in [-0.1, -0.05) is 64.9 Å². The van der Waals surface area contributed by atoms with Gasteiger partial charge in [0.05, 0.1) is 34.7 Å². The highest BCUT2D eigenvalue weighted by atomic mass is 79.9. The number of rotatable bonds is 6. The minimum absolute atomic E-state index is 0.0348. The number of hydrogen-bond donors (Lipinski definition) is 0. The lowest BCUT2D eigenvalue weighted by Gasteiger charge is -2.33. The summed E-state index contributed by atoms with van der Waals surface area (Å²) in [5, 5.41) is 0.898.